The molecule has 0 saturated carbocycles. The molecule has 7 heteroatoms. The number of imidazole rings is 1. The number of aryl methyl sites for hydroxylation is 1. The van der Waals surface area contributed by atoms with Crippen LogP contribution in [0, 0.1) is 6.92 Å². The highest BCUT2D eigenvalue weighted by Crippen LogP contribution is 2.29. The summed E-state index contributed by atoms with van der Waals surface area (Å²) in [6, 6.07) is 10.5. The molecule has 0 spiro atoms. The Labute approximate surface area is 141 Å². The van der Waals surface area contributed by atoms with Crippen molar-refractivity contribution in [2.45, 2.75) is 6.92 Å². The Kier molecular flexibility index (Phi) is 3.35. The highest BCUT2D eigenvalue weighted by Gasteiger charge is 2.18. The monoisotopic (exact) mass is 337 g/mol. The molecule has 0 fully saturated rings. The Morgan fingerprint density at radius 1 is 1.12 bits per heavy atom. The largest absolute Gasteiger partial charge is 0.497 e. The minimum Gasteiger partial charge on any atom is -0.497 e. The maximum absolute atomic E-state index is 12.6. The molecule has 0 aliphatic rings. The molecule has 0 unspecified atom stereocenters. The molecule has 3 N–H and O–H groups in total. The number of rotatable bonds is 3. The number of aromatic amines is 2. The number of benzene rings is 2. The predicted octanol–water partition coefficient (Wildman–Crippen LogP) is 3.17. The Bertz CT molecular complexity index is 1170. The second-order valence-corrected chi connectivity index (χ2v) is 5.71. The molecule has 0 bridgehead atoms. The number of hydrogen-bond donors (Lipinski definition) is 3. The van der Waals surface area contributed by atoms with Gasteiger partial charge in [-0.05, 0) is 43.3 Å². The second kappa shape index (κ2) is 5.55. The number of hydrogen-bond acceptors (Lipinski definition) is 4. The number of carbonyl (C=O) groups is 1. The van der Waals surface area contributed by atoms with Crippen LogP contribution in [0.2, 0.25) is 0 Å². The van der Waals surface area contributed by atoms with E-state index < -0.39 is 0 Å². The van der Waals surface area contributed by atoms with E-state index in [2.05, 4.69) is 15.3 Å². The number of carbonyl (C=O) groups excluding carboxylic acids is 1. The Morgan fingerprint density at radius 2 is 1.92 bits per heavy atom. The summed E-state index contributed by atoms with van der Waals surface area (Å²) in [6.45, 7) is 1.83. The number of H-pyrrole nitrogens is 2. The summed E-state index contributed by atoms with van der Waals surface area (Å²) in [7, 11) is 1.59. The molecule has 4 aromatic rings. The lowest BCUT2D eigenvalue weighted by atomic mass is 10.1. The van der Waals surface area contributed by atoms with Crippen LogP contribution in [0.5, 0.6) is 5.75 Å². The fourth-order valence-corrected chi connectivity index (χ4v) is 2.84. The molecule has 0 aliphatic heterocycles. The van der Waals surface area contributed by atoms with Crippen LogP contribution in [-0.4, -0.2) is 23.0 Å². The van der Waals surface area contributed by atoms with E-state index in [0.29, 0.717) is 28.1 Å². The Morgan fingerprint density at radius 3 is 2.72 bits per heavy atom. The summed E-state index contributed by atoms with van der Waals surface area (Å²) in [6.07, 6.45) is 0. The van der Waals surface area contributed by atoms with Gasteiger partial charge >= 0.3 is 5.69 Å². The molecule has 0 radical (unpaired) electrons. The Balaban J connectivity index is 1.68. The van der Waals surface area contributed by atoms with Gasteiger partial charge in [0.2, 0.25) is 0 Å². The summed E-state index contributed by atoms with van der Waals surface area (Å²) in [5.74, 6) is 0.584. The van der Waals surface area contributed by atoms with Gasteiger partial charge in [0, 0.05) is 16.6 Å². The summed E-state index contributed by atoms with van der Waals surface area (Å²) in [5, 5.41) is 3.62. The lowest BCUT2D eigenvalue weighted by Crippen LogP contribution is -2.12. The van der Waals surface area contributed by atoms with Gasteiger partial charge in [-0.15, -0.1) is 0 Å². The van der Waals surface area contributed by atoms with Gasteiger partial charge in [-0.25, -0.2) is 4.79 Å². The van der Waals surface area contributed by atoms with Crippen LogP contribution in [0.1, 0.15) is 16.1 Å². The van der Waals surface area contributed by atoms with Crippen LogP contribution >= 0.6 is 0 Å². The quantitative estimate of drug-likeness (QED) is 0.534. The van der Waals surface area contributed by atoms with Crippen molar-refractivity contribution < 1.29 is 13.9 Å². The van der Waals surface area contributed by atoms with Crippen LogP contribution in [0.15, 0.2) is 45.6 Å². The SMILES string of the molecule is COc1ccc2oc(C(=O)Nc3ccc4[nH]c(=O)[nH]c4c3)c(C)c2c1. The zero-order valence-electron chi connectivity index (χ0n) is 13.6. The van der Waals surface area contributed by atoms with Crippen molar-refractivity contribution in [3.63, 3.8) is 0 Å². The van der Waals surface area contributed by atoms with E-state index in [1.165, 1.54) is 0 Å². The van der Waals surface area contributed by atoms with Crippen LogP contribution in [0.4, 0.5) is 5.69 Å². The molecule has 0 aliphatic carbocycles. The topological polar surface area (TPSA) is 100 Å². The maximum atomic E-state index is 12.6. The molecule has 1 amide bonds. The van der Waals surface area contributed by atoms with Gasteiger partial charge < -0.3 is 24.4 Å². The van der Waals surface area contributed by atoms with E-state index >= 15 is 0 Å². The lowest BCUT2D eigenvalue weighted by Gasteiger charge is -2.03. The first-order valence-electron chi connectivity index (χ1n) is 7.65. The fourth-order valence-electron chi connectivity index (χ4n) is 2.84. The number of amides is 1. The van der Waals surface area contributed by atoms with Crippen LogP contribution in [-0.2, 0) is 0 Å². The highest BCUT2D eigenvalue weighted by atomic mass is 16.5. The van der Waals surface area contributed by atoms with Crippen molar-refractivity contribution >= 4 is 33.6 Å². The van der Waals surface area contributed by atoms with Gasteiger partial charge in [0.1, 0.15) is 11.3 Å². The summed E-state index contributed by atoms with van der Waals surface area (Å²) < 4.78 is 10.9. The molecule has 2 aromatic carbocycles. The van der Waals surface area contributed by atoms with Crippen LogP contribution < -0.4 is 15.7 Å². The first kappa shape index (κ1) is 15.1. The van der Waals surface area contributed by atoms with E-state index in [1.54, 1.807) is 37.4 Å². The number of methoxy groups -OCH3 is 1. The van der Waals surface area contributed by atoms with E-state index in [1.807, 2.05) is 13.0 Å². The minimum absolute atomic E-state index is 0.242. The Hall–Kier alpha value is -3.48. The van der Waals surface area contributed by atoms with Crippen molar-refractivity contribution in [1.82, 2.24) is 9.97 Å². The third-order valence-corrected chi connectivity index (χ3v) is 4.12. The molecule has 4 rings (SSSR count). The molecule has 2 aromatic heterocycles. The van der Waals surface area contributed by atoms with Gasteiger partial charge in [0.25, 0.3) is 5.91 Å². The van der Waals surface area contributed by atoms with E-state index in [-0.39, 0.29) is 17.4 Å². The number of ether oxygens (including phenoxy) is 1. The molecule has 126 valence electrons. The molecule has 0 atom stereocenters. The van der Waals surface area contributed by atoms with Gasteiger partial charge in [-0.2, -0.15) is 0 Å². The fraction of sp³-hybridized carbons (Fsp3) is 0.111. The van der Waals surface area contributed by atoms with Crippen molar-refractivity contribution in [2.75, 3.05) is 12.4 Å². The van der Waals surface area contributed by atoms with Gasteiger partial charge in [0.15, 0.2) is 5.76 Å². The van der Waals surface area contributed by atoms with E-state index in [9.17, 15) is 9.59 Å². The number of nitrogens with one attached hydrogen (secondary N) is 3. The third kappa shape index (κ3) is 2.55. The van der Waals surface area contributed by atoms with Crippen LogP contribution in [0.25, 0.3) is 22.0 Å². The van der Waals surface area contributed by atoms with Crippen molar-refractivity contribution in [3.05, 3.63) is 58.2 Å². The minimum atomic E-state index is -0.357. The average molecular weight is 337 g/mol. The first-order valence-corrected chi connectivity index (χ1v) is 7.65. The number of aromatic nitrogens is 2. The van der Waals surface area contributed by atoms with Gasteiger partial charge in [-0.3, -0.25) is 4.79 Å². The molecular formula is C18H15N3O4. The number of anilines is 1. The smallest absolute Gasteiger partial charge is 0.323 e. The van der Waals surface area contributed by atoms with Crippen molar-refractivity contribution in [2.24, 2.45) is 0 Å². The first-order chi connectivity index (χ1) is 12.0. The maximum Gasteiger partial charge on any atom is 0.323 e. The molecule has 25 heavy (non-hydrogen) atoms. The second-order valence-electron chi connectivity index (χ2n) is 5.71. The molecule has 7 nitrogen and oxygen atoms in total. The number of furan rings is 1. The van der Waals surface area contributed by atoms with E-state index in [0.717, 1.165) is 10.9 Å². The molecular weight excluding hydrogens is 322 g/mol. The third-order valence-electron chi connectivity index (χ3n) is 4.12. The number of fused-ring (bicyclic) bond motifs is 2. The van der Waals surface area contributed by atoms with Gasteiger partial charge in [-0.1, -0.05) is 0 Å². The highest BCUT2D eigenvalue weighted by molar-refractivity contribution is 6.07. The predicted molar refractivity (Wildman–Crippen MR) is 94.4 cm³/mol. The lowest BCUT2D eigenvalue weighted by molar-refractivity contribution is 0.0998. The van der Waals surface area contributed by atoms with Crippen molar-refractivity contribution in [1.29, 1.82) is 0 Å². The zero-order chi connectivity index (χ0) is 17.6. The van der Waals surface area contributed by atoms with Crippen LogP contribution in [0.3, 0.4) is 0 Å². The summed E-state index contributed by atoms with van der Waals surface area (Å²) in [4.78, 5) is 29.2. The summed E-state index contributed by atoms with van der Waals surface area (Å²) in [5.41, 5.74) is 2.92. The zero-order valence-corrected chi connectivity index (χ0v) is 13.6. The normalized spacial score (nSPS) is 11.1. The van der Waals surface area contributed by atoms with Crippen molar-refractivity contribution in [3.8, 4) is 5.75 Å². The van der Waals surface area contributed by atoms with E-state index in [4.69, 9.17) is 9.15 Å². The average Bonchev–Trinajstić information content (AvgIpc) is 3.13. The standard InChI is InChI=1S/C18H15N3O4/c1-9-12-8-11(24-2)4-6-15(12)25-16(9)17(22)19-10-3-5-13-14(7-10)21-18(23)20-13/h3-8H,1-2H3,(H,19,22)(H2,20,21,23). The molecule has 0 saturated heterocycles. The van der Waals surface area contributed by atoms with Gasteiger partial charge in [0.05, 0.1) is 18.1 Å². The molecule has 2 heterocycles. The summed E-state index contributed by atoms with van der Waals surface area (Å²) >= 11 is 0.